The molecule has 1 aliphatic heterocycles. The van der Waals surface area contributed by atoms with Crippen molar-refractivity contribution < 1.29 is 13.9 Å². The van der Waals surface area contributed by atoms with E-state index in [9.17, 15) is 4.79 Å². The zero-order chi connectivity index (χ0) is 12.3. The lowest BCUT2D eigenvalue weighted by molar-refractivity contribution is 0.0441. The summed E-state index contributed by atoms with van der Waals surface area (Å²) in [6.07, 6.45) is 3.13. The van der Waals surface area contributed by atoms with Crippen LogP contribution < -0.4 is 5.32 Å². The van der Waals surface area contributed by atoms with Crippen molar-refractivity contribution in [3.8, 4) is 0 Å². The first kappa shape index (κ1) is 13.1. The number of nitrogens with one attached hydrogen (secondary N) is 1. The first-order valence-electron chi connectivity index (χ1n) is 5.36. The second-order valence-corrected chi connectivity index (χ2v) is 5.37. The van der Waals surface area contributed by atoms with Gasteiger partial charge in [-0.2, -0.15) is 0 Å². The third kappa shape index (κ3) is 2.92. The lowest BCUT2D eigenvalue weighted by Gasteiger charge is -2.36. The van der Waals surface area contributed by atoms with Crippen molar-refractivity contribution in [3.05, 3.63) is 22.6 Å². The van der Waals surface area contributed by atoms with Gasteiger partial charge in [0, 0.05) is 18.5 Å². The summed E-state index contributed by atoms with van der Waals surface area (Å²) < 4.78 is 10.8. The van der Waals surface area contributed by atoms with E-state index in [-0.39, 0.29) is 11.4 Å². The van der Waals surface area contributed by atoms with Gasteiger partial charge in [-0.3, -0.25) is 4.79 Å². The molecule has 2 heterocycles. The summed E-state index contributed by atoms with van der Waals surface area (Å²) in [5, 5.41) is 3.80. The van der Waals surface area contributed by atoms with Crippen molar-refractivity contribution in [3.63, 3.8) is 0 Å². The molecule has 0 spiro atoms. The lowest BCUT2D eigenvalue weighted by Crippen LogP contribution is -2.53. The Balaban J connectivity index is 2.08. The number of amides is 1. The second kappa shape index (κ2) is 5.54. The Labute approximate surface area is 116 Å². The number of carbonyl (C=O) groups is 1. The third-order valence-electron chi connectivity index (χ3n) is 2.95. The van der Waals surface area contributed by atoms with E-state index in [4.69, 9.17) is 9.15 Å². The Bertz CT molecular complexity index is 399. The molecule has 0 aliphatic carbocycles. The first-order chi connectivity index (χ1) is 8.17. The highest BCUT2D eigenvalue weighted by atomic mass is 79.9. The molecule has 4 nitrogen and oxygen atoms in total. The average Bonchev–Trinajstić information content (AvgIpc) is 2.77. The SMILES string of the molecule is O=C(NC1(CBr)CCOCC1)c1ccoc1Br. The third-order valence-corrected chi connectivity index (χ3v) is 4.63. The summed E-state index contributed by atoms with van der Waals surface area (Å²) in [5.41, 5.74) is 0.309. The maximum atomic E-state index is 12.1. The monoisotopic (exact) mass is 365 g/mol. The Hall–Kier alpha value is -0.330. The Morgan fingerprint density at radius 3 is 2.71 bits per heavy atom. The largest absolute Gasteiger partial charge is 0.457 e. The van der Waals surface area contributed by atoms with Gasteiger partial charge in [0.2, 0.25) is 0 Å². The molecule has 1 aliphatic rings. The Morgan fingerprint density at radius 2 is 2.18 bits per heavy atom. The van der Waals surface area contributed by atoms with Crippen LogP contribution in [0.2, 0.25) is 0 Å². The highest BCUT2D eigenvalue weighted by Gasteiger charge is 2.33. The normalized spacial score (nSPS) is 18.9. The zero-order valence-electron chi connectivity index (χ0n) is 9.17. The minimum absolute atomic E-state index is 0.119. The smallest absolute Gasteiger partial charge is 0.256 e. The molecule has 0 aromatic carbocycles. The molecule has 2 rings (SSSR count). The van der Waals surface area contributed by atoms with Crippen LogP contribution in [0.5, 0.6) is 0 Å². The van der Waals surface area contributed by atoms with Crippen LogP contribution in [0.15, 0.2) is 21.4 Å². The molecule has 1 amide bonds. The van der Waals surface area contributed by atoms with Gasteiger partial charge in [0.25, 0.3) is 5.91 Å². The Kier molecular flexibility index (Phi) is 4.27. The van der Waals surface area contributed by atoms with Crippen LogP contribution in [0, 0.1) is 0 Å². The van der Waals surface area contributed by atoms with Gasteiger partial charge in [0.05, 0.1) is 17.4 Å². The van der Waals surface area contributed by atoms with E-state index in [1.165, 1.54) is 6.26 Å². The molecule has 6 heteroatoms. The van der Waals surface area contributed by atoms with Crippen LogP contribution in [-0.2, 0) is 4.74 Å². The van der Waals surface area contributed by atoms with Crippen molar-refractivity contribution in [1.82, 2.24) is 5.32 Å². The van der Waals surface area contributed by atoms with Crippen LogP contribution in [-0.4, -0.2) is 30.0 Å². The molecule has 17 heavy (non-hydrogen) atoms. The van der Waals surface area contributed by atoms with Gasteiger partial charge in [0.1, 0.15) is 0 Å². The fraction of sp³-hybridized carbons (Fsp3) is 0.545. The molecule has 0 bridgehead atoms. The summed E-state index contributed by atoms with van der Waals surface area (Å²) in [6, 6.07) is 1.65. The fourth-order valence-corrected chi connectivity index (χ4v) is 2.94. The quantitative estimate of drug-likeness (QED) is 0.837. The van der Waals surface area contributed by atoms with E-state index in [2.05, 4.69) is 37.2 Å². The molecule has 0 saturated carbocycles. The highest BCUT2D eigenvalue weighted by Crippen LogP contribution is 2.25. The van der Waals surface area contributed by atoms with Crippen LogP contribution in [0.25, 0.3) is 0 Å². The number of furan rings is 1. The van der Waals surface area contributed by atoms with Crippen molar-refractivity contribution >= 4 is 37.8 Å². The molecule has 1 N–H and O–H groups in total. The minimum Gasteiger partial charge on any atom is -0.457 e. The van der Waals surface area contributed by atoms with Gasteiger partial charge in [-0.1, -0.05) is 15.9 Å². The molecule has 1 saturated heterocycles. The highest BCUT2D eigenvalue weighted by molar-refractivity contribution is 9.10. The van der Waals surface area contributed by atoms with Gasteiger partial charge in [-0.25, -0.2) is 0 Å². The first-order valence-corrected chi connectivity index (χ1v) is 7.27. The average molecular weight is 367 g/mol. The molecule has 1 fully saturated rings. The number of carbonyl (C=O) groups excluding carboxylic acids is 1. The van der Waals surface area contributed by atoms with Crippen molar-refractivity contribution in [2.45, 2.75) is 18.4 Å². The van der Waals surface area contributed by atoms with E-state index in [1.807, 2.05) is 0 Å². The van der Waals surface area contributed by atoms with Crippen LogP contribution in [0.3, 0.4) is 0 Å². The zero-order valence-corrected chi connectivity index (χ0v) is 12.3. The summed E-state index contributed by atoms with van der Waals surface area (Å²) in [7, 11) is 0. The van der Waals surface area contributed by atoms with Gasteiger partial charge < -0.3 is 14.5 Å². The summed E-state index contributed by atoms with van der Waals surface area (Å²) in [5.74, 6) is -0.119. The summed E-state index contributed by atoms with van der Waals surface area (Å²) in [6.45, 7) is 1.36. The van der Waals surface area contributed by atoms with Gasteiger partial charge in [-0.15, -0.1) is 0 Å². The molecular formula is C11H13Br2NO3. The topological polar surface area (TPSA) is 51.5 Å². The second-order valence-electron chi connectivity index (χ2n) is 4.09. The van der Waals surface area contributed by atoms with Crippen molar-refractivity contribution in [2.75, 3.05) is 18.5 Å². The van der Waals surface area contributed by atoms with E-state index in [0.29, 0.717) is 23.4 Å². The standard InChI is InChI=1S/C11H13Br2NO3/c12-7-11(2-5-16-6-3-11)14-10(15)8-1-4-17-9(8)13/h1,4H,2-3,5-7H2,(H,14,15). The number of rotatable bonds is 3. The molecule has 1 aromatic rings. The van der Waals surface area contributed by atoms with E-state index in [1.54, 1.807) is 6.07 Å². The molecule has 1 aromatic heterocycles. The molecule has 94 valence electrons. The van der Waals surface area contributed by atoms with Crippen molar-refractivity contribution in [1.29, 1.82) is 0 Å². The van der Waals surface area contributed by atoms with E-state index >= 15 is 0 Å². The minimum atomic E-state index is -0.216. The van der Waals surface area contributed by atoms with Crippen LogP contribution >= 0.6 is 31.9 Å². The maximum absolute atomic E-state index is 12.1. The summed E-state index contributed by atoms with van der Waals surface area (Å²) in [4.78, 5) is 12.1. The molecule has 0 atom stereocenters. The van der Waals surface area contributed by atoms with Crippen molar-refractivity contribution in [2.24, 2.45) is 0 Å². The number of halogens is 2. The summed E-state index contributed by atoms with van der Waals surface area (Å²) >= 11 is 6.68. The number of alkyl halides is 1. The van der Waals surface area contributed by atoms with Gasteiger partial charge in [0.15, 0.2) is 4.67 Å². The van der Waals surface area contributed by atoms with Gasteiger partial charge in [-0.05, 0) is 34.8 Å². The predicted molar refractivity (Wildman–Crippen MR) is 70.5 cm³/mol. The maximum Gasteiger partial charge on any atom is 0.256 e. The van der Waals surface area contributed by atoms with E-state index < -0.39 is 0 Å². The number of hydrogen-bond donors (Lipinski definition) is 1. The molecule has 0 unspecified atom stereocenters. The van der Waals surface area contributed by atoms with E-state index in [0.717, 1.165) is 18.2 Å². The van der Waals surface area contributed by atoms with Crippen LogP contribution in [0.1, 0.15) is 23.2 Å². The fourth-order valence-electron chi connectivity index (χ4n) is 1.82. The molecular weight excluding hydrogens is 354 g/mol. The number of ether oxygens (including phenoxy) is 1. The lowest BCUT2D eigenvalue weighted by atomic mass is 9.92. The van der Waals surface area contributed by atoms with Crippen LogP contribution in [0.4, 0.5) is 0 Å². The Morgan fingerprint density at radius 1 is 1.47 bits per heavy atom. The predicted octanol–water partition coefficient (Wildman–Crippen LogP) is 2.72. The molecule has 0 radical (unpaired) electrons. The van der Waals surface area contributed by atoms with Gasteiger partial charge >= 0.3 is 0 Å². The number of hydrogen-bond acceptors (Lipinski definition) is 3.